The smallest absolute Gasteiger partial charge is 0.210 e. The highest BCUT2D eigenvalue weighted by Crippen LogP contribution is 2.64. The van der Waals surface area contributed by atoms with E-state index in [-0.39, 0.29) is 0 Å². The molecule has 0 aromatic carbocycles. The molecule has 0 aromatic rings. The van der Waals surface area contributed by atoms with E-state index in [1.807, 2.05) is 0 Å². The van der Waals surface area contributed by atoms with Crippen LogP contribution >= 0.6 is 0 Å². The fourth-order valence-electron chi connectivity index (χ4n) is 3.15. The highest BCUT2D eigenvalue weighted by Gasteiger charge is 2.57. The summed E-state index contributed by atoms with van der Waals surface area (Å²) in [4.78, 5) is 0. The zero-order chi connectivity index (χ0) is 8.82. The summed E-state index contributed by atoms with van der Waals surface area (Å²) in [6, 6.07) is 0. The van der Waals surface area contributed by atoms with Crippen LogP contribution in [0.5, 0.6) is 0 Å². The van der Waals surface area contributed by atoms with Crippen molar-refractivity contribution in [3.63, 3.8) is 0 Å². The van der Waals surface area contributed by atoms with Gasteiger partial charge in [0.25, 0.3) is 0 Å². The summed E-state index contributed by atoms with van der Waals surface area (Å²) in [5.74, 6) is 0. The van der Waals surface area contributed by atoms with Crippen molar-refractivity contribution in [3.8, 4) is 0 Å². The van der Waals surface area contributed by atoms with E-state index < -0.39 is 11.8 Å². The van der Waals surface area contributed by atoms with Crippen LogP contribution in [0.2, 0.25) is 0 Å². The zero-order valence-corrected chi connectivity index (χ0v) is 7.58. The maximum atomic E-state index is 12.7. The Balaban J connectivity index is 2.17. The van der Waals surface area contributed by atoms with E-state index in [4.69, 9.17) is 0 Å². The predicted octanol–water partition coefficient (Wildman–Crippen LogP) is 3.61. The van der Waals surface area contributed by atoms with Crippen LogP contribution < -0.4 is 0 Å². The molecule has 2 saturated carbocycles. The van der Waals surface area contributed by atoms with Crippen molar-refractivity contribution in [2.24, 2.45) is 10.8 Å². The van der Waals surface area contributed by atoms with Gasteiger partial charge in [-0.05, 0) is 37.5 Å². The Morgan fingerprint density at radius 1 is 1.17 bits per heavy atom. The predicted molar refractivity (Wildman–Crippen MR) is 44.2 cm³/mol. The van der Waals surface area contributed by atoms with Crippen molar-refractivity contribution < 1.29 is 8.78 Å². The average Bonchev–Trinajstić information content (AvgIpc) is 2.61. The second-order valence-corrected chi connectivity index (χ2v) is 4.69. The molecule has 12 heavy (non-hydrogen) atoms. The van der Waals surface area contributed by atoms with Gasteiger partial charge in [-0.2, -0.15) is 0 Å². The fourth-order valence-corrected chi connectivity index (χ4v) is 3.15. The lowest BCUT2D eigenvalue weighted by Gasteiger charge is -2.26. The summed E-state index contributed by atoms with van der Waals surface area (Å²) in [5, 5.41) is 0. The Kier molecular flexibility index (Phi) is 1.71. The Morgan fingerprint density at radius 2 is 1.75 bits per heavy atom. The third kappa shape index (κ3) is 0.929. The number of rotatable bonds is 2. The number of hydrogen-bond acceptors (Lipinski definition) is 0. The molecule has 2 rings (SSSR count). The quantitative estimate of drug-likeness (QED) is 0.600. The molecule has 2 bridgehead atoms. The van der Waals surface area contributed by atoms with E-state index in [0.717, 1.165) is 38.5 Å². The van der Waals surface area contributed by atoms with Crippen molar-refractivity contribution in [1.82, 2.24) is 0 Å². The van der Waals surface area contributed by atoms with Gasteiger partial charge in [0.1, 0.15) is 0 Å². The normalized spacial score (nSPS) is 46.0. The first-order valence-electron chi connectivity index (χ1n) is 4.91. The third-order valence-electron chi connectivity index (χ3n) is 4.25. The molecule has 2 aliphatic rings. The van der Waals surface area contributed by atoms with E-state index in [9.17, 15) is 8.78 Å². The molecule has 70 valence electrons. The molecule has 0 atom stereocenters. The van der Waals surface area contributed by atoms with Gasteiger partial charge in [-0.15, -0.1) is 0 Å². The molecule has 0 unspecified atom stereocenters. The lowest BCUT2D eigenvalue weighted by atomic mass is 9.81. The second-order valence-electron chi connectivity index (χ2n) is 4.69. The highest BCUT2D eigenvalue weighted by molar-refractivity contribution is 5.04. The summed E-state index contributed by atoms with van der Waals surface area (Å²) in [5.41, 5.74) is -0.244. The van der Waals surface area contributed by atoms with E-state index in [1.54, 1.807) is 0 Å². The lowest BCUT2D eigenvalue weighted by molar-refractivity contribution is 0.00159. The van der Waals surface area contributed by atoms with E-state index in [1.165, 1.54) is 0 Å². The Labute approximate surface area is 72.3 Å². The largest absolute Gasteiger partial charge is 0.244 e. The average molecular weight is 174 g/mol. The van der Waals surface area contributed by atoms with Gasteiger partial charge in [-0.3, -0.25) is 0 Å². The standard InChI is InChI=1S/C10H16F2/c1-2-9-3-5-10(7-9,6-4-9)8(11)12/h8H,2-7H2,1H3. The fraction of sp³-hybridized carbons (Fsp3) is 1.00. The Hall–Kier alpha value is -0.140. The molecule has 0 radical (unpaired) electrons. The first-order chi connectivity index (χ1) is 5.63. The Bertz CT molecular complexity index is 178. The van der Waals surface area contributed by atoms with Crippen molar-refractivity contribution in [3.05, 3.63) is 0 Å². The molecular formula is C10H16F2. The van der Waals surface area contributed by atoms with Crippen LogP contribution in [0.25, 0.3) is 0 Å². The van der Waals surface area contributed by atoms with Gasteiger partial charge in [-0.1, -0.05) is 13.3 Å². The van der Waals surface area contributed by atoms with Crippen LogP contribution in [0, 0.1) is 10.8 Å². The third-order valence-corrected chi connectivity index (χ3v) is 4.25. The van der Waals surface area contributed by atoms with Gasteiger partial charge in [0.05, 0.1) is 0 Å². The molecular weight excluding hydrogens is 158 g/mol. The van der Waals surface area contributed by atoms with Gasteiger partial charge in [0.2, 0.25) is 6.43 Å². The highest BCUT2D eigenvalue weighted by atomic mass is 19.3. The van der Waals surface area contributed by atoms with Crippen LogP contribution in [-0.4, -0.2) is 6.43 Å². The lowest BCUT2D eigenvalue weighted by Crippen LogP contribution is -2.23. The van der Waals surface area contributed by atoms with Crippen LogP contribution in [-0.2, 0) is 0 Å². The van der Waals surface area contributed by atoms with Crippen molar-refractivity contribution in [2.75, 3.05) is 0 Å². The molecule has 0 heterocycles. The molecule has 0 aliphatic heterocycles. The summed E-state index contributed by atoms with van der Waals surface area (Å²) in [7, 11) is 0. The zero-order valence-electron chi connectivity index (χ0n) is 7.58. The van der Waals surface area contributed by atoms with Gasteiger partial charge in [0, 0.05) is 5.41 Å². The Morgan fingerprint density at radius 3 is 2.00 bits per heavy atom. The SMILES string of the molecule is CCC12CCC(C(F)F)(CC1)C2. The number of fused-ring (bicyclic) bond motifs is 2. The van der Waals surface area contributed by atoms with Gasteiger partial charge in [-0.25, -0.2) is 8.78 Å². The molecule has 0 N–H and O–H groups in total. The maximum Gasteiger partial charge on any atom is 0.244 e. The number of hydrogen-bond donors (Lipinski definition) is 0. The topological polar surface area (TPSA) is 0 Å². The van der Waals surface area contributed by atoms with Crippen LogP contribution in [0.3, 0.4) is 0 Å². The first-order valence-corrected chi connectivity index (χ1v) is 4.91. The van der Waals surface area contributed by atoms with Crippen molar-refractivity contribution in [2.45, 2.75) is 51.9 Å². The van der Waals surface area contributed by atoms with E-state index >= 15 is 0 Å². The van der Waals surface area contributed by atoms with Crippen molar-refractivity contribution >= 4 is 0 Å². The minimum Gasteiger partial charge on any atom is -0.210 e. The summed E-state index contributed by atoms with van der Waals surface area (Å²) < 4.78 is 25.5. The molecule has 0 amide bonds. The molecule has 0 nitrogen and oxygen atoms in total. The van der Waals surface area contributed by atoms with E-state index in [0.29, 0.717) is 5.41 Å². The minimum atomic E-state index is -2.08. The minimum absolute atomic E-state index is 0.316. The molecule has 2 heteroatoms. The van der Waals surface area contributed by atoms with Gasteiger partial charge >= 0.3 is 0 Å². The number of alkyl halides is 2. The first kappa shape index (κ1) is 8.46. The van der Waals surface area contributed by atoms with Crippen molar-refractivity contribution in [1.29, 1.82) is 0 Å². The summed E-state index contributed by atoms with van der Waals surface area (Å²) in [6.07, 6.45) is 3.47. The maximum absolute atomic E-state index is 12.7. The van der Waals surface area contributed by atoms with Crippen LogP contribution in [0.1, 0.15) is 45.4 Å². The van der Waals surface area contributed by atoms with E-state index in [2.05, 4.69) is 6.92 Å². The van der Waals surface area contributed by atoms with Gasteiger partial charge in [0.15, 0.2) is 0 Å². The van der Waals surface area contributed by atoms with Gasteiger partial charge < -0.3 is 0 Å². The molecule has 0 aromatic heterocycles. The molecule has 0 saturated heterocycles. The monoisotopic (exact) mass is 174 g/mol. The summed E-state index contributed by atoms with van der Waals surface area (Å²) in [6.45, 7) is 2.15. The second kappa shape index (κ2) is 2.43. The number of halogens is 2. The summed E-state index contributed by atoms with van der Waals surface area (Å²) >= 11 is 0. The molecule has 2 aliphatic carbocycles. The molecule has 0 spiro atoms. The van der Waals surface area contributed by atoms with Crippen LogP contribution in [0.4, 0.5) is 8.78 Å². The molecule has 2 fully saturated rings. The van der Waals surface area contributed by atoms with Crippen LogP contribution in [0.15, 0.2) is 0 Å².